The molecular formula is C18H24F2N2O4. The van der Waals surface area contributed by atoms with Crippen LogP contribution in [0.25, 0.3) is 0 Å². The quantitative estimate of drug-likeness (QED) is 0.853. The number of halogens is 2. The Kier molecular flexibility index (Phi) is 6.05. The summed E-state index contributed by atoms with van der Waals surface area (Å²) in [6.45, 7) is 0.335. The molecule has 1 amide bonds. The number of aliphatic hydroxyl groups is 1. The first kappa shape index (κ1) is 19.0. The number of β-amino-alcohol motifs (C(OH)–C–C–N with tert-alkyl or cyclic N) is 1. The summed E-state index contributed by atoms with van der Waals surface area (Å²) in [5.74, 6) is -0.403. The SMILES string of the molecule is O=C(c1cccc(OC(F)F)c1)N1CCOC[C@@](O)(CN2CCCC2)C1. The summed E-state index contributed by atoms with van der Waals surface area (Å²) >= 11 is 0. The van der Waals surface area contributed by atoms with Gasteiger partial charge in [0.1, 0.15) is 11.4 Å². The molecule has 0 aromatic heterocycles. The molecule has 2 aliphatic rings. The van der Waals surface area contributed by atoms with E-state index in [-0.39, 0.29) is 30.4 Å². The summed E-state index contributed by atoms with van der Waals surface area (Å²) in [5, 5.41) is 11.0. The van der Waals surface area contributed by atoms with Crippen LogP contribution in [0.15, 0.2) is 24.3 Å². The number of benzene rings is 1. The number of hydrogen-bond acceptors (Lipinski definition) is 5. The van der Waals surface area contributed by atoms with Gasteiger partial charge in [-0.25, -0.2) is 0 Å². The van der Waals surface area contributed by atoms with Crippen LogP contribution in [0.5, 0.6) is 5.75 Å². The van der Waals surface area contributed by atoms with Crippen molar-refractivity contribution >= 4 is 5.91 Å². The van der Waals surface area contributed by atoms with E-state index >= 15 is 0 Å². The maximum Gasteiger partial charge on any atom is 0.387 e. The fourth-order valence-electron chi connectivity index (χ4n) is 3.53. The molecule has 0 spiro atoms. The maximum absolute atomic E-state index is 12.8. The topological polar surface area (TPSA) is 62.2 Å². The van der Waals surface area contributed by atoms with E-state index in [4.69, 9.17) is 4.74 Å². The zero-order valence-corrected chi connectivity index (χ0v) is 14.6. The number of carbonyl (C=O) groups excluding carboxylic acids is 1. The first-order chi connectivity index (χ1) is 12.5. The van der Waals surface area contributed by atoms with Gasteiger partial charge in [0, 0.05) is 18.7 Å². The average molecular weight is 370 g/mol. The lowest BCUT2D eigenvalue weighted by molar-refractivity contribution is -0.0524. The second-order valence-corrected chi connectivity index (χ2v) is 6.89. The zero-order chi connectivity index (χ0) is 18.6. The molecule has 26 heavy (non-hydrogen) atoms. The third-order valence-corrected chi connectivity index (χ3v) is 4.67. The van der Waals surface area contributed by atoms with E-state index < -0.39 is 12.2 Å². The van der Waals surface area contributed by atoms with Crippen LogP contribution in [-0.4, -0.2) is 79.0 Å². The van der Waals surface area contributed by atoms with Crippen LogP contribution in [0, 0.1) is 0 Å². The highest BCUT2D eigenvalue weighted by Gasteiger charge is 2.36. The molecule has 2 saturated heterocycles. The summed E-state index contributed by atoms with van der Waals surface area (Å²) in [6.07, 6.45) is 2.22. The molecule has 0 radical (unpaired) electrons. The minimum atomic E-state index is -2.95. The van der Waals surface area contributed by atoms with Gasteiger partial charge in [-0.15, -0.1) is 0 Å². The van der Waals surface area contributed by atoms with Crippen molar-refractivity contribution < 1.29 is 28.2 Å². The Morgan fingerprint density at radius 3 is 2.81 bits per heavy atom. The number of carbonyl (C=O) groups is 1. The molecule has 2 aliphatic heterocycles. The standard InChI is InChI=1S/C18H24F2N2O4/c19-17(20)26-15-5-3-4-14(10-15)16(23)22-8-9-25-13-18(24,12-22)11-21-6-1-2-7-21/h3-5,10,17,24H,1-2,6-9,11-13H2/t18-/m1/s1. The summed E-state index contributed by atoms with van der Waals surface area (Å²) in [6, 6.07) is 5.71. The van der Waals surface area contributed by atoms with Crippen LogP contribution in [0.4, 0.5) is 8.78 Å². The molecule has 8 heteroatoms. The van der Waals surface area contributed by atoms with Crippen LogP contribution in [-0.2, 0) is 4.74 Å². The fraction of sp³-hybridized carbons (Fsp3) is 0.611. The van der Waals surface area contributed by atoms with Gasteiger partial charge in [-0.2, -0.15) is 8.78 Å². The van der Waals surface area contributed by atoms with Crippen LogP contribution in [0.3, 0.4) is 0 Å². The number of alkyl halides is 2. The lowest BCUT2D eigenvalue weighted by atomic mass is 10.0. The Hall–Kier alpha value is -1.77. The highest BCUT2D eigenvalue weighted by Crippen LogP contribution is 2.21. The normalized spacial score (nSPS) is 24.7. The molecular weight excluding hydrogens is 346 g/mol. The lowest BCUT2D eigenvalue weighted by Gasteiger charge is -2.34. The molecule has 6 nitrogen and oxygen atoms in total. The largest absolute Gasteiger partial charge is 0.435 e. The minimum absolute atomic E-state index is 0.0655. The number of hydrogen-bond donors (Lipinski definition) is 1. The number of rotatable bonds is 5. The fourth-order valence-corrected chi connectivity index (χ4v) is 3.53. The van der Waals surface area contributed by atoms with Gasteiger partial charge in [0.2, 0.25) is 0 Å². The Labute approximate surface area is 151 Å². The van der Waals surface area contributed by atoms with Crippen molar-refractivity contribution in [1.82, 2.24) is 9.80 Å². The van der Waals surface area contributed by atoms with Crippen LogP contribution in [0.1, 0.15) is 23.2 Å². The predicted octanol–water partition coefficient (Wildman–Crippen LogP) is 1.59. The average Bonchev–Trinajstić information content (AvgIpc) is 3.01. The Morgan fingerprint density at radius 2 is 2.08 bits per heavy atom. The molecule has 144 valence electrons. The van der Waals surface area contributed by atoms with Crippen molar-refractivity contribution in [2.75, 3.05) is 45.9 Å². The minimum Gasteiger partial charge on any atom is -0.435 e. The summed E-state index contributed by atoms with van der Waals surface area (Å²) in [4.78, 5) is 16.5. The molecule has 1 atom stereocenters. The first-order valence-corrected chi connectivity index (χ1v) is 8.82. The van der Waals surface area contributed by atoms with Gasteiger partial charge < -0.3 is 24.4 Å². The highest BCUT2D eigenvalue weighted by molar-refractivity contribution is 5.94. The molecule has 2 heterocycles. The van der Waals surface area contributed by atoms with E-state index in [0.717, 1.165) is 25.9 Å². The second kappa shape index (κ2) is 8.28. The van der Waals surface area contributed by atoms with E-state index in [1.165, 1.54) is 23.1 Å². The van der Waals surface area contributed by atoms with Crippen molar-refractivity contribution in [3.63, 3.8) is 0 Å². The van der Waals surface area contributed by atoms with E-state index in [0.29, 0.717) is 19.7 Å². The molecule has 0 bridgehead atoms. The van der Waals surface area contributed by atoms with E-state index in [2.05, 4.69) is 9.64 Å². The number of nitrogens with zero attached hydrogens (tertiary/aromatic N) is 2. The van der Waals surface area contributed by atoms with Crippen molar-refractivity contribution in [2.24, 2.45) is 0 Å². The second-order valence-electron chi connectivity index (χ2n) is 6.89. The van der Waals surface area contributed by atoms with Gasteiger partial charge in [-0.1, -0.05) is 6.07 Å². The van der Waals surface area contributed by atoms with Gasteiger partial charge in [-0.05, 0) is 44.1 Å². The van der Waals surface area contributed by atoms with Crippen LogP contribution in [0.2, 0.25) is 0 Å². The molecule has 0 aliphatic carbocycles. The third-order valence-electron chi connectivity index (χ3n) is 4.67. The van der Waals surface area contributed by atoms with E-state index in [1.54, 1.807) is 6.07 Å². The molecule has 1 aromatic carbocycles. The van der Waals surface area contributed by atoms with Crippen LogP contribution >= 0.6 is 0 Å². The summed E-state index contributed by atoms with van der Waals surface area (Å²) in [5.41, 5.74) is -0.901. The maximum atomic E-state index is 12.8. The lowest BCUT2D eigenvalue weighted by Crippen LogP contribution is -2.53. The Balaban J connectivity index is 1.71. The number of ether oxygens (including phenoxy) is 2. The van der Waals surface area contributed by atoms with Gasteiger partial charge in [0.25, 0.3) is 5.91 Å². The summed E-state index contributed by atoms with van der Waals surface area (Å²) in [7, 11) is 0. The van der Waals surface area contributed by atoms with Gasteiger partial charge in [0.15, 0.2) is 0 Å². The Morgan fingerprint density at radius 1 is 1.31 bits per heavy atom. The van der Waals surface area contributed by atoms with E-state index in [1.807, 2.05) is 0 Å². The smallest absolute Gasteiger partial charge is 0.387 e. The predicted molar refractivity (Wildman–Crippen MR) is 90.4 cm³/mol. The highest BCUT2D eigenvalue weighted by atomic mass is 19.3. The van der Waals surface area contributed by atoms with Crippen molar-refractivity contribution in [3.8, 4) is 5.75 Å². The zero-order valence-electron chi connectivity index (χ0n) is 14.6. The molecule has 3 rings (SSSR count). The molecule has 1 aromatic rings. The Bertz CT molecular complexity index is 625. The van der Waals surface area contributed by atoms with Gasteiger partial charge in [0.05, 0.1) is 19.8 Å². The molecule has 2 fully saturated rings. The van der Waals surface area contributed by atoms with Crippen LogP contribution < -0.4 is 4.74 Å². The number of amides is 1. The van der Waals surface area contributed by atoms with Gasteiger partial charge in [-0.3, -0.25) is 4.79 Å². The number of likely N-dealkylation sites (tertiary alicyclic amines) is 1. The molecule has 0 unspecified atom stereocenters. The van der Waals surface area contributed by atoms with E-state index in [9.17, 15) is 18.7 Å². The van der Waals surface area contributed by atoms with Crippen molar-refractivity contribution in [3.05, 3.63) is 29.8 Å². The molecule has 0 saturated carbocycles. The molecule has 1 N–H and O–H groups in total. The first-order valence-electron chi connectivity index (χ1n) is 8.82. The van der Waals surface area contributed by atoms with Crippen molar-refractivity contribution in [1.29, 1.82) is 0 Å². The summed E-state index contributed by atoms with van der Waals surface area (Å²) < 4.78 is 34.7. The third kappa shape index (κ3) is 4.90. The van der Waals surface area contributed by atoms with Gasteiger partial charge >= 0.3 is 6.61 Å². The monoisotopic (exact) mass is 370 g/mol. The van der Waals surface area contributed by atoms with Crippen molar-refractivity contribution in [2.45, 2.75) is 25.1 Å².